The second-order valence-electron chi connectivity index (χ2n) is 8.03. The van der Waals surface area contributed by atoms with E-state index < -0.39 is 24.3 Å². The van der Waals surface area contributed by atoms with E-state index in [1.54, 1.807) is 29.2 Å². The Hall–Kier alpha value is -2.25. The van der Waals surface area contributed by atoms with Gasteiger partial charge in [-0.25, -0.2) is 4.39 Å². The second-order valence-corrected chi connectivity index (χ2v) is 10.7. The van der Waals surface area contributed by atoms with E-state index in [1.165, 1.54) is 18.2 Å². The third-order valence-electron chi connectivity index (χ3n) is 5.99. The van der Waals surface area contributed by atoms with E-state index in [0.717, 1.165) is 0 Å². The van der Waals surface area contributed by atoms with Crippen LogP contribution in [0, 0.1) is 5.82 Å². The topological polar surface area (TPSA) is 124 Å². The Morgan fingerprint density at radius 1 is 1.19 bits per heavy atom. The van der Waals surface area contributed by atoms with Crippen molar-refractivity contribution in [2.45, 2.75) is 31.0 Å². The highest BCUT2D eigenvalue weighted by Crippen LogP contribution is 2.59. The van der Waals surface area contributed by atoms with E-state index in [1.807, 2.05) is 0 Å². The highest BCUT2D eigenvalue weighted by Gasteiger charge is 2.56. The molecule has 1 aliphatic heterocycles. The number of rotatable bonds is 8. The molecular formula is C22H28FN2O5P. The lowest BCUT2D eigenvalue weighted by Crippen LogP contribution is -2.54. The van der Waals surface area contributed by atoms with Crippen LogP contribution in [0.15, 0.2) is 42.5 Å². The molecule has 2 unspecified atom stereocenters. The Morgan fingerprint density at radius 3 is 2.55 bits per heavy atom. The van der Waals surface area contributed by atoms with Gasteiger partial charge in [0, 0.05) is 31.4 Å². The largest absolute Gasteiger partial charge is 0.508 e. The second kappa shape index (κ2) is 9.49. The van der Waals surface area contributed by atoms with Crippen LogP contribution in [-0.4, -0.2) is 56.9 Å². The van der Waals surface area contributed by atoms with Gasteiger partial charge in [-0.3, -0.25) is 14.3 Å². The minimum absolute atomic E-state index is 0.0475. The van der Waals surface area contributed by atoms with Gasteiger partial charge in [0.2, 0.25) is 7.37 Å². The van der Waals surface area contributed by atoms with Crippen molar-refractivity contribution in [2.75, 3.05) is 25.8 Å². The molecule has 1 saturated heterocycles. The maximum atomic E-state index is 14.8. The normalized spacial score (nSPS) is 24.2. The van der Waals surface area contributed by atoms with Crippen molar-refractivity contribution >= 4 is 13.3 Å². The number of nitrogens with two attached hydrogens (primary N) is 1. The lowest BCUT2D eigenvalue weighted by molar-refractivity contribution is -0.141. The maximum absolute atomic E-state index is 14.8. The predicted molar refractivity (Wildman–Crippen MR) is 117 cm³/mol. The molecular weight excluding hydrogens is 422 g/mol. The third-order valence-corrected chi connectivity index (χ3v) is 8.69. The van der Waals surface area contributed by atoms with Crippen molar-refractivity contribution < 1.29 is 28.9 Å². The van der Waals surface area contributed by atoms with Gasteiger partial charge in [-0.1, -0.05) is 30.7 Å². The first kappa shape index (κ1) is 23.4. The zero-order chi connectivity index (χ0) is 22.6. The fourth-order valence-electron chi connectivity index (χ4n) is 4.18. The van der Waals surface area contributed by atoms with Gasteiger partial charge >= 0.3 is 5.97 Å². The fourth-order valence-corrected chi connectivity index (χ4v) is 6.39. The van der Waals surface area contributed by atoms with E-state index in [9.17, 15) is 28.9 Å². The van der Waals surface area contributed by atoms with Gasteiger partial charge < -0.3 is 20.8 Å². The van der Waals surface area contributed by atoms with Crippen LogP contribution in [0.5, 0.6) is 5.75 Å². The summed E-state index contributed by atoms with van der Waals surface area (Å²) < 4.78 is 27.7. The Balaban J connectivity index is 1.92. The summed E-state index contributed by atoms with van der Waals surface area (Å²) in [5, 5.41) is 17.7. The Bertz CT molecular complexity index is 984. The molecule has 9 heteroatoms. The zero-order valence-electron chi connectivity index (χ0n) is 17.2. The van der Waals surface area contributed by atoms with Crippen LogP contribution in [0.25, 0.3) is 11.1 Å². The van der Waals surface area contributed by atoms with E-state index >= 15 is 0 Å². The van der Waals surface area contributed by atoms with E-state index in [2.05, 4.69) is 0 Å². The summed E-state index contributed by atoms with van der Waals surface area (Å²) >= 11 is 0. The van der Waals surface area contributed by atoms with Crippen LogP contribution in [0.2, 0.25) is 0 Å². The van der Waals surface area contributed by atoms with Crippen molar-refractivity contribution in [3.8, 4) is 16.9 Å². The number of phenols is 1. The number of carbonyl (C=O) groups is 1. The van der Waals surface area contributed by atoms with Crippen LogP contribution in [0.3, 0.4) is 0 Å². The number of hydrogen-bond acceptors (Lipinski definition) is 5. The molecule has 0 bridgehead atoms. The fraction of sp³-hybridized carbons (Fsp3) is 0.409. The summed E-state index contributed by atoms with van der Waals surface area (Å²) in [6.07, 6.45) is 0.879. The van der Waals surface area contributed by atoms with Crippen LogP contribution < -0.4 is 5.73 Å². The summed E-state index contributed by atoms with van der Waals surface area (Å²) in [6, 6.07) is 11.1. The number of carboxylic acid groups (broad SMARTS) is 1. The molecule has 3 rings (SSSR count). The maximum Gasteiger partial charge on any atom is 0.320 e. The molecule has 2 atom stereocenters. The number of phenolic OH excluding ortho intramolecular Hbond substituents is 1. The van der Waals surface area contributed by atoms with Gasteiger partial charge in [0.15, 0.2) is 5.16 Å². The van der Waals surface area contributed by atoms with Crippen molar-refractivity contribution in [1.82, 2.24) is 4.90 Å². The van der Waals surface area contributed by atoms with Crippen LogP contribution in [-0.2, 0) is 15.9 Å². The van der Waals surface area contributed by atoms with Gasteiger partial charge in [0.25, 0.3) is 0 Å². The van der Waals surface area contributed by atoms with Crippen molar-refractivity contribution in [2.24, 2.45) is 5.73 Å². The summed E-state index contributed by atoms with van der Waals surface area (Å²) in [6.45, 7) is 0.544. The minimum Gasteiger partial charge on any atom is -0.508 e. The number of aromatic hydroxyl groups is 1. The molecule has 0 aromatic heterocycles. The average Bonchev–Trinajstić information content (AvgIpc) is 2.72. The molecule has 2 aromatic carbocycles. The Labute approximate surface area is 180 Å². The number of aliphatic carboxylic acids is 1. The molecule has 168 valence electrons. The minimum atomic E-state index is -3.96. The summed E-state index contributed by atoms with van der Waals surface area (Å²) in [7, 11) is -3.96. The van der Waals surface area contributed by atoms with E-state index in [-0.39, 0.29) is 38.0 Å². The Morgan fingerprint density at radius 2 is 1.90 bits per heavy atom. The standard InChI is InChI=1S/C22H28FN2O5P/c23-20-5-3-4-18(16-6-8-17(26)9-7-16)19(20)14-25-12-13-31(29,30)22(15-25,21(27)28)10-1-2-11-24/h3-9,26H,1-2,10-15,24H2,(H,27,28)(H,29,30). The lowest BCUT2D eigenvalue weighted by atomic mass is 9.96. The quantitative estimate of drug-likeness (QED) is 0.360. The number of unbranched alkanes of at least 4 members (excludes halogenated alkanes) is 1. The molecule has 0 spiro atoms. The van der Waals surface area contributed by atoms with Crippen LogP contribution in [0.4, 0.5) is 4.39 Å². The zero-order valence-corrected chi connectivity index (χ0v) is 18.1. The molecule has 1 fully saturated rings. The molecule has 31 heavy (non-hydrogen) atoms. The number of halogens is 1. The number of carboxylic acids is 1. The highest BCUT2D eigenvalue weighted by molar-refractivity contribution is 7.61. The predicted octanol–water partition coefficient (Wildman–Crippen LogP) is 3.24. The van der Waals surface area contributed by atoms with Crippen molar-refractivity contribution in [3.05, 3.63) is 53.8 Å². The smallest absolute Gasteiger partial charge is 0.320 e. The summed E-state index contributed by atoms with van der Waals surface area (Å²) in [4.78, 5) is 24.5. The highest BCUT2D eigenvalue weighted by atomic mass is 31.2. The van der Waals surface area contributed by atoms with Crippen LogP contribution >= 0.6 is 7.37 Å². The molecule has 0 amide bonds. The first-order valence-electron chi connectivity index (χ1n) is 10.2. The molecule has 0 saturated carbocycles. The first-order valence-corrected chi connectivity index (χ1v) is 12.1. The number of hydrogen-bond donors (Lipinski definition) is 4. The average molecular weight is 450 g/mol. The van der Waals surface area contributed by atoms with Crippen molar-refractivity contribution in [3.63, 3.8) is 0 Å². The molecule has 1 heterocycles. The molecule has 5 N–H and O–H groups in total. The third kappa shape index (κ3) is 4.83. The first-order chi connectivity index (χ1) is 14.7. The molecule has 2 aromatic rings. The van der Waals surface area contributed by atoms with Crippen LogP contribution in [0.1, 0.15) is 24.8 Å². The number of nitrogens with zero attached hydrogens (tertiary/aromatic N) is 1. The lowest BCUT2D eigenvalue weighted by Gasteiger charge is -2.43. The monoisotopic (exact) mass is 450 g/mol. The van der Waals surface area contributed by atoms with Gasteiger partial charge in [-0.15, -0.1) is 0 Å². The Kier molecular flexibility index (Phi) is 7.17. The van der Waals surface area contributed by atoms with Gasteiger partial charge in [0.05, 0.1) is 0 Å². The van der Waals surface area contributed by atoms with E-state index in [4.69, 9.17) is 5.73 Å². The molecule has 0 aliphatic carbocycles. The van der Waals surface area contributed by atoms with Gasteiger partial charge in [-0.2, -0.15) is 0 Å². The van der Waals surface area contributed by atoms with Crippen molar-refractivity contribution in [1.29, 1.82) is 0 Å². The van der Waals surface area contributed by atoms with Gasteiger partial charge in [-0.05, 0) is 48.7 Å². The van der Waals surface area contributed by atoms with E-state index in [0.29, 0.717) is 36.1 Å². The SMILES string of the molecule is NCCCCC1(C(=O)O)CN(Cc2c(F)cccc2-c2ccc(O)cc2)CCP1(=O)O. The molecule has 7 nitrogen and oxygen atoms in total. The molecule has 0 radical (unpaired) electrons. The summed E-state index contributed by atoms with van der Waals surface area (Å²) in [5.74, 6) is -1.64. The number of benzene rings is 2. The van der Waals surface area contributed by atoms with Gasteiger partial charge in [0.1, 0.15) is 11.6 Å². The summed E-state index contributed by atoms with van der Waals surface area (Å²) in [5.41, 5.74) is 7.23. The molecule has 1 aliphatic rings.